The predicted octanol–water partition coefficient (Wildman–Crippen LogP) is 2.07. The van der Waals surface area contributed by atoms with Crippen molar-refractivity contribution in [1.29, 1.82) is 0 Å². The fourth-order valence-electron chi connectivity index (χ4n) is 2.45. The van der Waals surface area contributed by atoms with Gasteiger partial charge >= 0.3 is 0 Å². The molecule has 2 atom stereocenters. The Labute approximate surface area is 121 Å². The van der Waals surface area contributed by atoms with Crippen molar-refractivity contribution in [3.8, 4) is 0 Å². The molecule has 1 fully saturated rings. The van der Waals surface area contributed by atoms with Gasteiger partial charge in [-0.1, -0.05) is 36.8 Å². The van der Waals surface area contributed by atoms with Crippen LogP contribution in [0.25, 0.3) is 0 Å². The van der Waals surface area contributed by atoms with Crippen LogP contribution < -0.4 is 10.6 Å². The molecule has 0 saturated carbocycles. The minimum absolute atomic E-state index is 0. The van der Waals surface area contributed by atoms with Crippen molar-refractivity contribution in [3.05, 3.63) is 35.4 Å². The summed E-state index contributed by atoms with van der Waals surface area (Å²) in [5.74, 6) is 0.689. The summed E-state index contributed by atoms with van der Waals surface area (Å²) in [6.07, 6.45) is 1.61. The number of aryl methyl sites for hydroxylation is 1. The number of amides is 1. The number of benzene rings is 1. The van der Waals surface area contributed by atoms with Crippen molar-refractivity contribution in [2.24, 2.45) is 5.92 Å². The SMILES string of the molecule is Cc1cccc(CC(=O)NC2CNCCC2C)c1.Cl. The molecule has 0 aromatic heterocycles. The van der Waals surface area contributed by atoms with Crippen LogP contribution in [-0.4, -0.2) is 25.0 Å². The zero-order valence-electron chi connectivity index (χ0n) is 11.6. The Bertz CT molecular complexity index is 422. The average molecular weight is 283 g/mol. The molecule has 1 saturated heterocycles. The van der Waals surface area contributed by atoms with Crippen LogP contribution in [0.2, 0.25) is 0 Å². The highest BCUT2D eigenvalue weighted by atomic mass is 35.5. The van der Waals surface area contributed by atoms with Gasteiger partial charge in [0.15, 0.2) is 0 Å². The molecular formula is C15H23ClN2O. The van der Waals surface area contributed by atoms with Gasteiger partial charge in [0.25, 0.3) is 0 Å². The highest BCUT2D eigenvalue weighted by Crippen LogP contribution is 2.11. The molecule has 1 aromatic rings. The topological polar surface area (TPSA) is 41.1 Å². The second-order valence-electron chi connectivity index (χ2n) is 5.31. The molecule has 1 amide bonds. The van der Waals surface area contributed by atoms with E-state index in [1.54, 1.807) is 0 Å². The molecule has 2 N–H and O–H groups in total. The van der Waals surface area contributed by atoms with Crippen LogP contribution >= 0.6 is 12.4 Å². The largest absolute Gasteiger partial charge is 0.352 e. The number of carbonyl (C=O) groups is 1. The second kappa shape index (κ2) is 7.51. The van der Waals surface area contributed by atoms with Gasteiger partial charge in [0.05, 0.1) is 6.42 Å². The molecule has 1 aliphatic heterocycles. The van der Waals surface area contributed by atoms with E-state index in [9.17, 15) is 4.79 Å². The molecule has 2 rings (SSSR count). The first-order valence-electron chi connectivity index (χ1n) is 6.71. The first-order valence-corrected chi connectivity index (χ1v) is 6.71. The van der Waals surface area contributed by atoms with Crippen molar-refractivity contribution in [2.75, 3.05) is 13.1 Å². The Kier molecular flexibility index (Phi) is 6.32. The Balaban J connectivity index is 0.00000180. The lowest BCUT2D eigenvalue weighted by Gasteiger charge is -2.30. The van der Waals surface area contributed by atoms with E-state index in [-0.39, 0.29) is 24.4 Å². The summed E-state index contributed by atoms with van der Waals surface area (Å²) in [5.41, 5.74) is 2.29. The van der Waals surface area contributed by atoms with Crippen molar-refractivity contribution < 1.29 is 4.79 Å². The summed E-state index contributed by atoms with van der Waals surface area (Å²) < 4.78 is 0. The van der Waals surface area contributed by atoms with Gasteiger partial charge in [-0.2, -0.15) is 0 Å². The number of carbonyl (C=O) groups excluding carboxylic acids is 1. The van der Waals surface area contributed by atoms with E-state index in [0.29, 0.717) is 12.3 Å². The molecule has 106 valence electrons. The van der Waals surface area contributed by atoms with Crippen molar-refractivity contribution >= 4 is 18.3 Å². The summed E-state index contributed by atoms with van der Waals surface area (Å²) in [4.78, 5) is 12.0. The molecule has 2 unspecified atom stereocenters. The Morgan fingerprint density at radius 3 is 2.95 bits per heavy atom. The first kappa shape index (κ1) is 16.0. The smallest absolute Gasteiger partial charge is 0.224 e. The van der Waals surface area contributed by atoms with Crippen LogP contribution in [0, 0.1) is 12.8 Å². The van der Waals surface area contributed by atoms with Gasteiger partial charge in [-0.3, -0.25) is 4.79 Å². The van der Waals surface area contributed by atoms with Crippen LogP contribution in [0.15, 0.2) is 24.3 Å². The highest BCUT2D eigenvalue weighted by molar-refractivity contribution is 5.85. The third-order valence-corrected chi connectivity index (χ3v) is 3.62. The summed E-state index contributed by atoms with van der Waals surface area (Å²) in [6, 6.07) is 8.41. The molecule has 19 heavy (non-hydrogen) atoms. The number of nitrogens with one attached hydrogen (secondary N) is 2. The fourth-order valence-corrected chi connectivity index (χ4v) is 2.45. The van der Waals surface area contributed by atoms with Crippen molar-refractivity contribution in [1.82, 2.24) is 10.6 Å². The molecular weight excluding hydrogens is 260 g/mol. The van der Waals surface area contributed by atoms with E-state index in [4.69, 9.17) is 0 Å². The number of hydrogen-bond donors (Lipinski definition) is 2. The van der Waals surface area contributed by atoms with Crippen molar-refractivity contribution in [3.63, 3.8) is 0 Å². The van der Waals surface area contributed by atoms with Gasteiger partial charge in [-0.15, -0.1) is 12.4 Å². The average Bonchev–Trinajstić information content (AvgIpc) is 2.32. The molecule has 3 nitrogen and oxygen atoms in total. The lowest BCUT2D eigenvalue weighted by atomic mass is 9.94. The molecule has 0 spiro atoms. The lowest BCUT2D eigenvalue weighted by molar-refractivity contribution is -0.121. The van der Waals surface area contributed by atoms with E-state index >= 15 is 0 Å². The van der Waals surface area contributed by atoms with E-state index < -0.39 is 0 Å². The standard InChI is InChI=1S/C15H22N2O.ClH/c1-11-4-3-5-13(8-11)9-15(18)17-14-10-16-7-6-12(14)2;/h3-5,8,12,14,16H,6-7,9-10H2,1-2H3,(H,17,18);1H. The van der Waals surface area contributed by atoms with Crippen LogP contribution in [0.1, 0.15) is 24.5 Å². The van der Waals surface area contributed by atoms with E-state index in [1.165, 1.54) is 5.56 Å². The maximum absolute atomic E-state index is 12.0. The monoisotopic (exact) mass is 282 g/mol. The quantitative estimate of drug-likeness (QED) is 0.891. The maximum Gasteiger partial charge on any atom is 0.224 e. The normalized spacial score (nSPS) is 22.4. The summed E-state index contributed by atoms with van der Waals surface area (Å²) in [7, 11) is 0. The van der Waals surface area contributed by atoms with Crippen LogP contribution in [0.4, 0.5) is 0 Å². The van der Waals surface area contributed by atoms with Crippen LogP contribution in [-0.2, 0) is 11.2 Å². The number of piperidine rings is 1. The van der Waals surface area contributed by atoms with Crippen LogP contribution in [0.5, 0.6) is 0 Å². The Morgan fingerprint density at radius 2 is 2.26 bits per heavy atom. The molecule has 1 aliphatic rings. The van der Waals surface area contributed by atoms with E-state index in [0.717, 1.165) is 25.1 Å². The van der Waals surface area contributed by atoms with Gasteiger partial charge in [-0.05, 0) is 31.4 Å². The Morgan fingerprint density at radius 1 is 1.47 bits per heavy atom. The molecule has 1 heterocycles. The van der Waals surface area contributed by atoms with Gasteiger partial charge < -0.3 is 10.6 Å². The minimum Gasteiger partial charge on any atom is -0.352 e. The van der Waals surface area contributed by atoms with Gasteiger partial charge in [0.1, 0.15) is 0 Å². The highest BCUT2D eigenvalue weighted by Gasteiger charge is 2.22. The minimum atomic E-state index is 0. The number of rotatable bonds is 3. The van der Waals surface area contributed by atoms with E-state index in [2.05, 4.69) is 36.6 Å². The third kappa shape index (κ3) is 4.84. The zero-order chi connectivity index (χ0) is 13.0. The first-order chi connectivity index (χ1) is 8.65. The van der Waals surface area contributed by atoms with Gasteiger partial charge in [-0.25, -0.2) is 0 Å². The predicted molar refractivity (Wildman–Crippen MR) is 80.7 cm³/mol. The molecule has 1 aromatic carbocycles. The van der Waals surface area contributed by atoms with Gasteiger partial charge in [0, 0.05) is 12.6 Å². The summed E-state index contributed by atoms with van der Waals surface area (Å²) in [6.45, 7) is 6.21. The van der Waals surface area contributed by atoms with E-state index in [1.807, 2.05) is 12.1 Å². The zero-order valence-corrected chi connectivity index (χ0v) is 12.4. The van der Waals surface area contributed by atoms with Gasteiger partial charge in [0.2, 0.25) is 5.91 Å². The third-order valence-electron chi connectivity index (χ3n) is 3.62. The molecule has 4 heteroatoms. The molecule has 0 aliphatic carbocycles. The lowest BCUT2D eigenvalue weighted by Crippen LogP contribution is -2.50. The van der Waals surface area contributed by atoms with Crippen molar-refractivity contribution in [2.45, 2.75) is 32.7 Å². The Hall–Kier alpha value is -1.06. The summed E-state index contributed by atoms with van der Waals surface area (Å²) in [5, 5.41) is 6.46. The summed E-state index contributed by atoms with van der Waals surface area (Å²) >= 11 is 0. The molecule has 0 radical (unpaired) electrons. The number of hydrogen-bond acceptors (Lipinski definition) is 2. The fraction of sp³-hybridized carbons (Fsp3) is 0.533. The second-order valence-corrected chi connectivity index (χ2v) is 5.31. The number of halogens is 1. The van der Waals surface area contributed by atoms with Crippen LogP contribution in [0.3, 0.4) is 0 Å². The maximum atomic E-state index is 12.0. The molecule has 0 bridgehead atoms.